The molecule has 3 aromatic rings. The van der Waals surface area contributed by atoms with Gasteiger partial charge in [-0.05, 0) is 30.7 Å². The summed E-state index contributed by atoms with van der Waals surface area (Å²) in [5.41, 5.74) is 12.9. The van der Waals surface area contributed by atoms with Crippen LogP contribution in [0.15, 0.2) is 42.6 Å². The van der Waals surface area contributed by atoms with Crippen molar-refractivity contribution in [3.8, 4) is 5.69 Å². The lowest BCUT2D eigenvalue weighted by Crippen LogP contribution is -2.16. The smallest absolute Gasteiger partial charge is 0.383 e. The lowest BCUT2D eigenvalue weighted by Gasteiger charge is -2.11. The standard InChI is InChI=1S/C19H18F3N5O/c1-10-5-3-4-6-14(10)27-17(23)15(18(24)28)16(26-27)11(2)13-8-7-12(9-25-13)19(20,21)22/h3-9,11H,23H2,1-2H3,(H2,24,28). The topological polar surface area (TPSA) is 99.8 Å². The maximum absolute atomic E-state index is 12.8. The number of benzene rings is 1. The number of anilines is 1. The van der Waals surface area contributed by atoms with E-state index in [2.05, 4.69) is 10.1 Å². The van der Waals surface area contributed by atoms with Crippen LogP contribution in [-0.2, 0) is 6.18 Å². The Morgan fingerprint density at radius 3 is 2.39 bits per heavy atom. The minimum Gasteiger partial charge on any atom is -0.383 e. The highest BCUT2D eigenvalue weighted by atomic mass is 19.4. The molecule has 2 aromatic heterocycles. The molecule has 1 atom stereocenters. The van der Waals surface area contributed by atoms with E-state index in [-0.39, 0.29) is 17.1 Å². The summed E-state index contributed by atoms with van der Waals surface area (Å²) in [5.74, 6) is -1.31. The molecule has 0 aliphatic carbocycles. The molecule has 146 valence electrons. The van der Waals surface area contributed by atoms with Crippen molar-refractivity contribution in [3.63, 3.8) is 0 Å². The van der Waals surface area contributed by atoms with Gasteiger partial charge in [-0.3, -0.25) is 9.78 Å². The maximum atomic E-state index is 12.8. The Bertz CT molecular complexity index is 1030. The molecule has 0 fully saturated rings. The van der Waals surface area contributed by atoms with E-state index in [1.165, 1.54) is 10.7 Å². The fourth-order valence-corrected chi connectivity index (χ4v) is 2.96. The van der Waals surface area contributed by atoms with E-state index >= 15 is 0 Å². The van der Waals surface area contributed by atoms with Gasteiger partial charge in [0, 0.05) is 17.8 Å². The number of halogens is 3. The first-order valence-electron chi connectivity index (χ1n) is 8.38. The Hall–Kier alpha value is -3.36. The SMILES string of the molecule is Cc1ccccc1-n1nc(C(C)c2ccc(C(F)(F)F)cn2)c(C(N)=O)c1N. The second kappa shape index (κ2) is 6.99. The van der Waals surface area contributed by atoms with Crippen LogP contribution in [0.3, 0.4) is 0 Å². The van der Waals surface area contributed by atoms with Gasteiger partial charge in [0.25, 0.3) is 5.91 Å². The normalized spacial score (nSPS) is 12.8. The maximum Gasteiger partial charge on any atom is 0.417 e. The molecule has 0 saturated carbocycles. The average molecular weight is 389 g/mol. The molecular weight excluding hydrogens is 371 g/mol. The average Bonchev–Trinajstić information content (AvgIpc) is 2.98. The van der Waals surface area contributed by atoms with Crippen molar-refractivity contribution >= 4 is 11.7 Å². The van der Waals surface area contributed by atoms with E-state index in [0.29, 0.717) is 11.4 Å². The Kier molecular flexibility index (Phi) is 4.84. The molecule has 2 heterocycles. The van der Waals surface area contributed by atoms with Gasteiger partial charge in [0.2, 0.25) is 0 Å². The third-order valence-corrected chi connectivity index (χ3v) is 4.51. The number of alkyl halides is 3. The van der Waals surface area contributed by atoms with Crippen molar-refractivity contribution < 1.29 is 18.0 Å². The third-order valence-electron chi connectivity index (χ3n) is 4.51. The van der Waals surface area contributed by atoms with Crippen molar-refractivity contribution in [1.29, 1.82) is 0 Å². The van der Waals surface area contributed by atoms with Gasteiger partial charge in [-0.15, -0.1) is 0 Å². The zero-order valence-corrected chi connectivity index (χ0v) is 15.2. The number of amides is 1. The van der Waals surface area contributed by atoms with Crippen LogP contribution in [0, 0.1) is 6.92 Å². The summed E-state index contributed by atoms with van der Waals surface area (Å²) in [6.45, 7) is 3.53. The molecule has 1 aromatic carbocycles. The number of aromatic nitrogens is 3. The van der Waals surface area contributed by atoms with Crippen LogP contribution >= 0.6 is 0 Å². The molecule has 0 saturated heterocycles. The quantitative estimate of drug-likeness (QED) is 0.714. The number of primary amides is 1. The summed E-state index contributed by atoms with van der Waals surface area (Å²) in [6, 6.07) is 9.48. The highest BCUT2D eigenvalue weighted by Crippen LogP contribution is 2.33. The van der Waals surface area contributed by atoms with Gasteiger partial charge in [0.15, 0.2) is 0 Å². The number of pyridine rings is 1. The molecule has 28 heavy (non-hydrogen) atoms. The van der Waals surface area contributed by atoms with E-state index in [9.17, 15) is 18.0 Å². The number of hydrogen-bond donors (Lipinski definition) is 2. The van der Waals surface area contributed by atoms with Crippen molar-refractivity contribution in [2.75, 3.05) is 5.73 Å². The predicted molar refractivity (Wildman–Crippen MR) is 98.0 cm³/mol. The molecule has 3 rings (SSSR count). The lowest BCUT2D eigenvalue weighted by molar-refractivity contribution is -0.137. The Balaban J connectivity index is 2.10. The number of nitrogens with two attached hydrogens (primary N) is 2. The minimum absolute atomic E-state index is 0.0254. The number of carbonyl (C=O) groups is 1. The van der Waals surface area contributed by atoms with Crippen LogP contribution in [0.25, 0.3) is 5.69 Å². The van der Waals surface area contributed by atoms with Gasteiger partial charge < -0.3 is 11.5 Å². The van der Waals surface area contributed by atoms with Gasteiger partial charge >= 0.3 is 6.18 Å². The molecule has 1 amide bonds. The first kappa shape index (κ1) is 19.4. The molecular formula is C19H18F3N5O. The van der Waals surface area contributed by atoms with E-state index < -0.39 is 23.6 Å². The number of para-hydroxylation sites is 1. The van der Waals surface area contributed by atoms with Crippen molar-refractivity contribution in [2.45, 2.75) is 25.9 Å². The number of rotatable bonds is 4. The monoisotopic (exact) mass is 389 g/mol. The molecule has 6 nitrogen and oxygen atoms in total. The van der Waals surface area contributed by atoms with Gasteiger partial charge in [-0.1, -0.05) is 25.1 Å². The number of carbonyl (C=O) groups excluding carboxylic acids is 1. The molecule has 0 radical (unpaired) electrons. The highest BCUT2D eigenvalue weighted by molar-refractivity contribution is 5.99. The second-order valence-electron chi connectivity index (χ2n) is 6.40. The Labute approximate surface area is 159 Å². The summed E-state index contributed by atoms with van der Waals surface area (Å²) < 4.78 is 39.7. The summed E-state index contributed by atoms with van der Waals surface area (Å²) in [4.78, 5) is 15.9. The number of nitrogens with zero attached hydrogens (tertiary/aromatic N) is 3. The Morgan fingerprint density at radius 2 is 1.86 bits per heavy atom. The predicted octanol–water partition coefficient (Wildman–Crippen LogP) is 3.43. The zero-order chi connectivity index (χ0) is 20.6. The van der Waals surface area contributed by atoms with Crippen molar-refractivity contribution in [2.24, 2.45) is 5.73 Å². The molecule has 0 aliphatic heterocycles. The first-order valence-corrected chi connectivity index (χ1v) is 8.38. The lowest BCUT2D eigenvalue weighted by atomic mass is 9.98. The van der Waals surface area contributed by atoms with E-state index in [4.69, 9.17) is 11.5 Å². The number of aryl methyl sites for hydroxylation is 1. The van der Waals surface area contributed by atoms with Crippen molar-refractivity contribution in [3.05, 3.63) is 70.7 Å². The summed E-state index contributed by atoms with van der Waals surface area (Å²) in [6.07, 6.45) is -3.73. The summed E-state index contributed by atoms with van der Waals surface area (Å²) in [7, 11) is 0. The Morgan fingerprint density at radius 1 is 1.18 bits per heavy atom. The first-order chi connectivity index (χ1) is 13.1. The number of hydrogen-bond acceptors (Lipinski definition) is 4. The second-order valence-corrected chi connectivity index (χ2v) is 6.40. The highest BCUT2D eigenvalue weighted by Gasteiger charge is 2.32. The van der Waals surface area contributed by atoms with Crippen LogP contribution < -0.4 is 11.5 Å². The summed E-state index contributed by atoms with van der Waals surface area (Å²) in [5, 5.41) is 4.44. The van der Waals surface area contributed by atoms with Crippen LogP contribution in [0.5, 0.6) is 0 Å². The van der Waals surface area contributed by atoms with Crippen LogP contribution in [0.1, 0.15) is 45.7 Å². The molecule has 0 aliphatic rings. The van der Waals surface area contributed by atoms with E-state index in [1.54, 1.807) is 19.1 Å². The molecule has 4 N–H and O–H groups in total. The minimum atomic E-state index is -4.48. The molecule has 1 unspecified atom stereocenters. The van der Waals surface area contributed by atoms with Crippen LogP contribution in [0.2, 0.25) is 0 Å². The zero-order valence-electron chi connectivity index (χ0n) is 15.2. The fourth-order valence-electron chi connectivity index (χ4n) is 2.96. The summed E-state index contributed by atoms with van der Waals surface area (Å²) >= 11 is 0. The van der Waals surface area contributed by atoms with Gasteiger partial charge in [-0.25, -0.2) is 4.68 Å². The van der Waals surface area contributed by atoms with Gasteiger partial charge in [0.05, 0.1) is 16.9 Å². The largest absolute Gasteiger partial charge is 0.417 e. The third kappa shape index (κ3) is 3.42. The molecule has 0 spiro atoms. The van der Waals surface area contributed by atoms with Gasteiger partial charge in [-0.2, -0.15) is 18.3 Å². The molecule has 0 bridgehead atoms. The van der Waals surface area contributed by atoms with Crippen LogP contribution in [0.4, 0.5) is 19.0 Å². The van der Waals surface area contributed by atoms with E-state index in [0.717, 1.165) is 17.8 Å². The van der Waals surface area contributed by atoms with Crippen molar-refractivity contribution in [1.82, 2.24) is 14.8 Å². The van der Waals surface area contributed by atoms with Crippen LogP contribution in [-0.4, -0.2) is 20.7 Å². The molecule has 9 heteroatoms. The van der Waals surface area contributed by atoms with Gasteiger partial charge in [0.1, 0.15) is 11.4 Å². The van der Waals surface area contributed by atoms with E-state index in [1.807, 2.05) is 19.1 Å². The fraction of sp³-hybridized carbons (Fsp3) is 0.211. The number of nitrogen functional groups attached to an aromatic ring is 1.